The zero-order chi connectivity index (χ0) is 21.1. The van der Waals surface area contributed by atoms with Crippen molar-refractivity contribution in [1.82, 2.24) is 15.0 Å². The van der Waals surface area contributed by atoms with Crippen molar-refractivity contribution in [2.24, 2.45) is 5.92 Å². The molecule has 1 aliphatic heterocycles. The van der Waals surface area contributed by atoms with Gasteiger partial charge in [0, 0.05) is 17.8 Å². The number of piperidine rings is 1. The zero-order valence-electron chi connectivity index (χ0n) is 15.9. The molecule has 0 bridgehead atoms. The van der Waals surface area contributed by atoms with Gasteiger partial charge >= 0.3 is 0 Å². The molecule has 30 heavy (non-hydrogen) atoms. The summed E-state index contributed by atoms with van der Waals surface area (Å²) in [6.45, 7) is 1.95. The number of rotatable bonds is 5. The van der Waals surface area contributed by atoms with E-state index in [2.05, 4.69) is 20.4 Å². The van der Waals surface area contributed by atoms with Crippen molar-refractivity contribution in [3.8, 4) is 11.4 Å². The fraction of sp³-hybridized carbons (Fsp3) is 0.286. The standard InChI is InChI=1S/C21H19Cl3N4O2/c22-16-6-2-1-5-15(16)20-26-19(30-27-20)12-28-9-3-4-13(11-28)21(29)25-14-7-8-17(23)18(24)10-14/h1-2,5-8,10,13H,3-4,9,11-12H2,(H,25,29). The van der Waals surface area contributed by atoms with Gasteiger partial charge in [-0.15, -0.1) is 0 Å². The van der Waals surface area contributed by atoms with Gasteiger partial charge in [-0.1, -0.05) is 52.1 Å². The molecule has 0 saturated carbocycles. The molecular formula is C21H19Cl3N4O2. The third-order valence-electron chi connectivity index (χ3n) is 5.01. The minimum atomic E-state index is -0.140. The van der Waals surface area contributed by atoms with Crippen LogP contribution in [0.15, 0.2) is 47.0 Å². The maximum atomic E-state index is 12.7. The van der Waals surface area contributed by atoms with Gasteiger partial charge in [-0.25, -0.2) is 0 Å². The number of hydrogen-bond acceptors (Lipinski definition) is 5. The van der Waals surface area contributed by atoms with Crippen molar-refractivity contribution in [2.75, 3.05) is 18.4 Å². The van der Waals surface area contributed by atoms with Crippen molar-refractivity contribution in [3.63, 3.8) is 0 Å². The van der Waals surface area contributed by atoms with E-state index >= 15 is 0 Å². The minimum Gasteiger partial charge on any atom is -0.338 e. The molecule has 1 amide bonds. The first-order valence-electron chi connectivity index (χ1n) is 9.55. The van der Waals surface area contributed by atoms with Gasteiger partial charge < -0.3 is 9.84 Å². The van der Waals surface area contributed by atoms with E-state index in [0.717, 1.165) is 24.9 Å². The molecule has 9 heteroatoms. The number of nitrogens with zero attached hydrogens (tertiary/aromatic N) is 3. The first-order chi connectivity index (χ1) is 14.5. The average Bonchev–Trinajstić information content (AvgIpc) is 3.19. The fourth-order valence-corrected chi connectivity index (χ4v) is 4.01. The Morgan fingerprint density at radius 2 is 1.97 bits per heavy atom. The number of amides is 1. The number of anilines is 1. The van der Waals surface area contributed by atoms with Crippen molar-refractivity contribution >= 4 is 46.4 Å². The number of nitrogens with one attached hydrogen (secondary N) is 1. The molecule has 1 aliphatic rings. The molecule has 1 unspecified atom stereocenters. The number of benzene rings is 2. The van der Waals surface area contributed by atoms with Gasteiger partial charge in [0.2, 0.25) is 17.6 Å². The van der Waals surface area contributed by atoms with Crippen LogP contribution in [0.1, 0.15) is 18.7 Å². The fourth-order valence-electron chi connectivity index (χ4n) is 3.49. The maximum absolute atomic E-state index is 12.7. The van der Waals surface area contributed by atoms with Crippen molar-refractivity contribution in [1.29, 1.82) is 0 Å². The van der Waals surface area contributed by atoms with Crippen molar-refractivity contribution in [2.45, 2.75) is 19.4 Å². The second-order valence-electron chi connectivity index (χ2n) is 7.18. The lowest BCUT2D eigenvalue weighted by molar-refractivity contribution is -0.121. The number of halogens is 3. The molecule has 1 atom stereocenters. The van der Waals surface area contributed by atoms with Crippen LogP contribution >= 0.6 is 34.8 Å². The highest BCUT2D eigenvalue weighted by molar-refractivity contribution is 6.42. The maximum Gasteiger partial charge on any atom is 0.241 e. The van der Waals surface area contributed by atoms with Gasteiger partial charge in [-0.2, -0.15) is 4.98 Å². The van der Waals surface area contributed by atoms with Crippen LogP contribution in [0.4, 0.5) is 5.69 Å². The van der Waals surface area contributed by atoms with Crippen LogP contribution in [-0.4, -0.2) is 34.0 Å². The molecule has 2 aromatic carbocycles. The molecule has 1 saturated heterocycles. The van der Waals surface area contributed by atoms with E-state index in [1.54, 1.807) is 24.3 Å². The molecule has 0 spiro atoms. The smallest absolute Gasteiger partial charge is 0.241 e. The summed E-state index contributed by atoms with van der Waals surface area (Å²) in [5, 5.41) is 8.39. The molecule has 1 N–H and O–H groups in total. The molecular weight excluding hydrogens is 447 g/mol. The van der Waals surface area contributed by atoms with E-state index in [1.807, 2.05) is 18.2 Å². The SMILES string of the molecule is O=C(Nc1ccc(Cl)c(Cl)c1)C1CCCN(Cc2nc(-c3ccccc3Cl)no2)C1. The lowest BCUT2D eigenvalue weighted by Crippen LogP contribution is -2.40. The van der Waals surface area contributed by atoms with Crippen molar-refractivity contribution < 1.29 is 9.32 Å². The van der Waals surface area contributed by atoms with Gasteiger partial charge in [-0.05, 0) is 49.7 Å². The quantitative estimate of drug-likeness (QED) is 0.535. The Labute approximate surface area is 189 Å². The van der Waals surface area contributed by atoms with Crippen LogP contribution in [-0.2, 0) is 11.3 Å². The number of hydrogen-bond donors (Lipinski definition) is 1. The van der Waals surface area contributed by atoms with E-state index in [0.29, 0.717) is 45.6 Å². The summed E-state index contributed by atoms with van der Waals surface area (Å²) in [6.07, 6.45) is 1.73. The van der Waals surface area contributed by atoms with Crippen LogP contribution in [0.5, 0.6) is 0 Å². The van der Waals surface area contributed by atoms with Gasteiger partial charge in [0.05, 0.1) is 27.5 Å². The highest BCUT2D eigenvalue weighted by atomic mass is 35.5. The Kier molecular flexibility index (Phi) is 6.58. The number of carbonyl (C=O) groups is 1. The third-order valence-corrected chi connectivity index (χ3v) is 6.07. The molecule has 1 fully saturated rings. The summed E-state index contributed by atoms with van der Waals surface area (Å²) in [6, 6.07) is 12.4. The normalized spacial score (nSPS) is 17.1. The number of aromatic nitrogens is 2. The monoisotopic (exact) mass is 464 g/mol. The predicted molar refractivity (Wildman–Crippen MR) is 118 cm³/mol. The predicted octanol–water partition coefficient (Wildman–Crippen LogP) is 5.55. The summed E-state index contributed by atoms with van der Waals surface area (Å²) in [5.74, 6) is 0.775. The Hall–Kier alpha value is -2.12. The minimum absolute atomic E-state index is 0.0413. The van der Waals surface area contributed by atoms with E-state index in [4.69, 9.17) is 39.3 Å². The highest BCUT2D eigenvalue weighted by Gasteiger charge is 2.27. The van der Waals surface area contributed by atoms with Crippen molar-refractivity contribution in [3.05, 3.63) is 63.4 Å². The van der Waals surface area contributed by atoms with E-state index in [9.17, 15) is 4.79 Å². The molecule has 4 rings (SSSR count). The summed E-state index contributed by atoms with van der Waals surface area (Å²) in [7, 11) is 0. The number of carbonyl (C=O) groups excluding carboxylic acids is 1. The molecule has 6 nitrogen and oxygen atoms in total. The lowest BCUT2D eigenvalue weighted by Gasteiger charge is -2.30. The first-order valence-corrected chi connectivity index (χ1v) is 10.7. The van der Waals surface area contributed by atoms with Crippen LogP contribution in [0.3, 0.4) is 0 Å². The molecule has 0 aliphatic carbocycles. The topological polar surface area (TPSA) is 71.3 Å². The van der Waals surface area contributed by atoms with E-state index < -0.39 is 0 Å². The van der Waals surface area contributed by atoms with E-state index in [1.165, 1.54) is 0 Å². The van der Waals surface area contributed by atoms with Crippen LogP contribution in [0.2, 0.25) is 15.1 Å². The molecule has 1 aromatic heterocycles. The molecule has 156 valence electrons. The van der Waals surface area contributed by atoms with E-state index in [-0.39, 0.29) is 11.8 Å². The molecule has 2 heterocycles. The summed E-state index contributed by atoms with van der Waals surface area (Å²) < 4.78 is 5.40. The number of likely N-dealkylation sites (tertiary alicyclic amines) is 1. The largest absolute Gasteiger partial charge is 0.338 e. The van der Waals surface area contributed by atoms with Gasteiger partial charge in [-0.3, -0.25) is 9.69 Å². The Morgan fingerprint density at radius 1 is 1.13 bits per heavy atom. The van der Waals surface area contributed by atoms with Gasteiger partial charge in [0.15, 0.2) is 0 Å². The Bertz CT molecular complexity index is 1060. The first kappa shape index (κ1) is 21.1. The Morgan fingerprint density at radius 3 is 2.77 bits per heavy atom. The highest BCUT2D eigenvalue weighted by Crippen LogP contribution is 2.27. The average molecular weight is 466 g/mol. The van der Waals surface area contributed by atoms with Crippen LogP contribution < -0.4 is 5.32 Å². The Balaban J connectivity index is 1.38. The lowest BCUT2D eigenvalue weighted by atomic mass is 9.97. The molecule has 0 radical (unpaired) electrons. The second kappa shape index (κ2) is 9.35. The van der Waals surface area contributed by atoms with Gasteiger partial charge in [0.1, 0.15) is 0 Å². The van der Waals surface area contributed by atoms with Gasteiger partial charge in [0.25, 0.3) is 0 Å². The zero-order valence-corrected chi connectivity index (χ0v) is 18.2. The van der Waals surface area contributed by atoms with Crippen LogP contribution in [0, 0.1) is 5.92 Å². The molecule has 3 aromatic rings. The second-order valence-corrected chi connectivity index (χ2v) is 8.41. The summed E-state index contributed by atoms with van der Waals surface area (Å²) >= 11 is 18.2. The summed E-state index contributed by atoms with van der Waals surface area (Å²) in [4.78, 5) is 19.3. The van der Waals surface area contributed by atoms with Crippen LogP contribution in [0.25, 0.3) is 11.4 Å². The third kappa shape index (κ3) is 4.95. The summed E-state index contributed by atoms with van der Waals surface area (Å²) in [5.41, 5.74) is 1.36.